The molecule has 0 aliphatic rings. The van der Waals surface area contributed by atoms with Crippen molar-refractivity contribution in [3.05, 3.63) is 42.0 Å². The minimum Gasteiger partial charge on any atom is -0.496 e. The first-order valence-electron chi connectivity index (χ1n) is 9.67. The average molecular weight is 436 g/mol. The zero-order valence-corrected chi connectivity index (χ0v) is 19.0. The van der Waals surface area contributed by atoms with Gasteiger partial charge in [0.2, 0.25) is 5.52 Å². The lowest BCUT2D eigenvalue weighted by molar-refractivity contribution is 0.102. The second-order valence-corrected chi connectivity index (χ2v) is 7.73. The average Bonchev–Trinajstić information content (AvgIpc) is 2.78. The van der Waals surface area contributed by atoms with E-state index in [-0.39, 0.29) is 5.52 Å². The van der Waals surface area contributed by atoms with Crippen LogP contribution in [0.25, 0.3) is 0 Å². The van der Waals surface area contributed by atoms with E-state index in [0.717, 1.165) is 11.1 Å². The van der Waals surface area contributed by atoms with Gasteiger partial charge in [0.05, 0.1) is 41.2 Å². The summed E-state index contributed by atoms with van der Waals surface area (Å²) in [7, 11) is 2.88. The largest absolute Gasteiger partial charge is 0.496 e. The number of methoxy groups -OCH3 is 3. The zero-order valence-electron chi connectivity index (χ0n) is 18.1. The lowest BCUT2D eigenvalue weighted by Crippen LogP contribution is -2.15. The number of benzene rings is 2. The van der Waals surface area contributed by atoms with Crippen molar-refractivity contribution in [2.75, 3.05) is 47.8 Å². The van der Waals surface area contributed by atoms with Crippen LogP contribution in [0.15, 0.2) is 36.4 Å². The Labute approximate surface area is 179 Å². The summed E-state index contributed by atoms with van der Waals surface area (Å²) in [5.74, 6) is 1.99. The van der Waals surface area contributed by atoms with Gasteiger partial charge in [-0.3, -0.25) is 4.79 Å². The van der Waals surface area contributed by atoms with Crippen LogP contribution in [0.4, 0.5) is 0 Å². The maximum Gasteiger partial charge on any atom is 0.223 e. The van der Waals surface area contributed by atoms with Gasteiger partial charge >= 0.3 is 0 Å². The summed E-state index contributed by atoms with van der Waals surface area (Å²) in [6.07, 6.45) is 0. The molecule has 0 radical (unpaired) electrons. The number of carbonyl (C=O) groups is 1. The van der Waals surface area contributed by atoms with E-state index >= 15 is 0 Å². The maximum atomic E-state index is 13.6. The maximum absolute atomic E-state index is 13.6. The number of hydrogen-bond acceptors (Lipinski definition) is 7. The molecule has 0 spiro atoms. The Balaban J connectivity index is 2.43. The van der Waals surface area contributed by atoms with Crippen molar-refractivity contribution in [1.29, 1.82) is 0 Å². The molecular formula is C22H29O7P. The third kappa shape index (κ3) is 6.08. The van der Waals surface area contributed by atoms with E-state index < -0.39 is 8.15 Å². The molecule has 0 N–H and O–H groups in total. The highest BCUT2D eigenvalue weighted by Crippen LogP contribution is 2.46. The number of carbonyl (C=O) groups excluding carboxylic acids is 1. The first kappa shape index (κ1) is 23.9. The zero-order chi connectivity index (χ0) is 21.9. The van der Waals surface area contributed by atoms with Gasteiger partial charge in [-0.1, -0.05) is 0 Å². The Hall–Kier alpha value is -2.34. The monoisotopic (exact) mass is 436 g/mol. The number of hydrogen-bond donors (Lipinski definition) is 0. The van der Waals surface area contributed by atoms with Crippen molar-refractivity contribution in [1.82, 2.24) is 0 Å². The van der Waals surface area contributed by atoms with E-state index in [9.17, 15) is 4.79 Å². The van der Waals surface area contributed by atoms with Crippen molar-refractivity contribution in [3.63, 3.8) is 0 Å². The van der Waals surface area contributed by atoms with Gasteiger partial charge in [0.15, 0.2) is 0 Å². The van der Waals surface area contributed by atoms with Crippen LogP contribution in [0.3, 0.4) is 0 Å². The Morgan fingerprint density at radius 1 is 0.833 bits per heavy atom. The molecule has 2 rings (SSSR count). The molecule has 30 heavy (non-hydrogen) atoms. The molecule has 0 aliphatic heterocycles. The molecule has 1 unspecified atom stereocenters. The van der Waals surface area contributed by atoms with E-state index in [4.69, 9.17) is 28.2 Å². The Kier molecular flexibility index (Phi) is 9.87. The third-order valence-electron chi connectivity index (χ3n) is 4.15. The first-order valence-corrected chi connectivity index (χ1v) is 10.9. The van der Waals surface area contributed by atoms with Crippen molar-refractivity contribution in [2.24, 2.45) is 0 Å². The first-order chi connectivity index (χ1) is 14.6. The van der Waals surface area contributed by atoms with E-state index in [1.165, 1.54) is 14.2 Å². The molecule has 0 amide bonds. The van der Waals surface area contributed by atoms with E-state index in [0.29, 0.717) is 49.2 Å². The molecule has 1 atom stereocenters. The summed E-state index contributed by atoms with van der Waals surface area (Å²) in [5.41, 5.74) is 0.0965. The van der Waals surface area contributed by atoms with E-state index in [2.05, 4.69) is 0 Å². The summed E-state index contributed by atoms with van der Waals surface area (Å²) in [6.45, 7) is 5.67. The molecular weight excluding hydrogens is 407 g/mol. The van der Waals surface area contributed by atoms with Gasteiger partial charge in [-0.15, -0.1) is 0 Å². The molecule has 0 heterocycles. The molecule has 2 aromatic rings. The molecule has 0 fully saturated rings. The Morgan fingerprint density at radius 2 is 1.47 bits per heavy atom. The minimum absolute atomic E-state index is 0.220. The fraction of sp³-hybridized carbons (Fsp3) is 0.409. The molecule has 7 nitrogen and oxygen atoms in total. The van der Waals surface area contributed by atoms with Gasteiger partial charge < -0.3 is 28.2 Å². The quantitative estimate of drug-likeness (QED) is 0.347. The highest BCUT2D eigenvalue weighted by molar-refractivity contribution is 7.78. The van der Waals surface area contributed by atoms with Gasteiger partial charge in [0.1, 0.15) is 36.7 Å². The normalized spacial score (nSPS) is 11.6. The lowest BCUT2D eigenvalue weighted by atomic mass is 10.2. The highest BCUT2D eigenvalue weighted by Gasteiger charge is 2.30. The Morgan fingerprint density at radius 3 is 1.97 bits per heavy atom. The van der Waals surface area contributed by atoms with Crippen LogP contribution in [0.2, 0.25) is 0 Å². The van der Waals surface area contributed by atoms with Crippen LogP contribution in [0, 0.1) is 0 Å². The highest BCUT2D eigenvalue weighted by atomic mass is 31.1. The van der Waals surface area contributed by atoms with Crippen molar-refractivity contribution in [2.45, 2.75) is 13.8 Å². The van der Waals surface area contributed by atoms with Crippen LogP contribution < -0.4 is 24.3 Å². The molecule has 0 aromatic heterocycles. The van der Waals surface area contributed by atoms with Crippen LogP contribution >= 0.6 is 8.15 Å². The topological polar surface area (TPSA) is 72.5 Å². The number of rotatable bonds is 13. The second-order valence-electron chi connectivity index (χ2n) is 5.96. The van der Waals surface area contributed by atoms with E-state index in [1.54, 1.807) is 19.2 Å². The third-order valence-corrected chi connectivity index (χ3v) is 5.95. The van der Waals surface area contributed by atoms with Crippen molar-refractivity contribution >= 4 is 19.0 Å². The molecule has 0 saturated carbocycles. The van der Waals surface area contributed by atoms with Gasteiger partial charge in [-0.25, -0.2) is 0 Å². The van der Waals surface area contributed by atoms with Gasteiger partial charge in [0.25, 0.3) is 0 Å². The predicted molar refractivity (Wildman–Crippen MR) is 117 cm³/mol. The van der Waals surface area contributed by atoms with Crippen LogP contribution in [-0.2, 0) is 9.26 Å². The van der Waals surface area contributed by atoms with Gasteiger partial charge in [-0.2, -0.15) is 0 Å². The Bertz CT molecular complexity index is 783. The van der Waals surface area contributed by atoms with Crippen LogP contribution in [0.1, 0.15) is 24.2 Å². The van der Waals surface area contributed by atoms with E-state index in [1.807, 2.05) is 38.1 Å². The SMILES string of the molecule is CCOCCOP(C(=O)c1c(OC)cc(OC)cc1OC)c1ccc(OCC)cc1. The van der Waals surface area contributed by atoms with Crippen molar-refractivity contribution in [3.8, 4) is 23.0 Å². The molecule has 0 aliphatic carbocycles. The summed E-state index contributed by atoms with van der Waals surface area (Å²) < 4.78 is 33.1. The predicted octanol–water partition coefficient (Wildman–Crippen LogP) is 4.03. The van der Waals surface area contributed by atoms with Crippen LogP contribution in [0.5, 0.6) is 23.0 Å². The van der Waals surface area contributed by atoms with Gasteiger partial charge in [-0.05, 0) is 38.1 Å². The molecule has 8 heteroatoms. The summed E-state index contributed by atoms with van der Waals surface area (Å²) in [6, 6.07) is 10.7. The minimum atomic E-state index is -1.66. The van der Waals surface area contributed by atoms with Gasteiger partial charge in [0, 0.05) is 24.0 Å². The summed E-state index contributed by atoms with van der Waals surface area (Å²) >= 11 is 0. The number of ether oxygens (including phenoxy) is 5. The summed E-state index contributed by atoms with van der Waals surface area (Å²) in [5, 5.41) is 0.759. The molecule has 0 saturated heterocycles. The lowest BCUT2D eigenvalue weighted by Gasteiger charge is -2.20. The second kappa shape index (κ2) is 12.4. The van der Waals surface area contributed by atoms with Crippen LogP contribution in [-0.4, -0.2) is 53.3 Å². The standard InChI is InChI=1S/C22H29O7P/c1-6-27-12-13-29-30(18-10-8-16(9-11-18)28-7-2)22(23)21-19(25-4)14-17(24-3)15-20(21)26-5/h8-11,14-15H,6-7,12-13H2,1-5H3. The molecule has 2 aromatic carbocycles. The fourth-order valence-corrected chi connectivity index (χ4v) is 4.35. The summed E-state index contributed by atoms with van der Waals surface area (Å²) in [4.78, 5) is 13.6. The van der Waals surface area contributed by atoms with Crippen molar-refractivity contribution < 1.29 is 33.0 Å². The fourth-order valence-electron chi connectivity index (χ4n) is 2.74. The molecule has 0 bridgehead atoms. The smallest absolute Gasteiger partial charge is 0.223 e. The molecule has 164 valence electrons.